The first kappa shape index (κ1) is 21.5. The average molecular weight is 449 g/mol. The van der Waals surface area contributed by atoms with Gasteiger partial charge in [-0.3, -0.25) is 9.59 Å². The number of imidazole rings is 1. The Morgan fingerprint density at radius 3 is 2.73 bits per heavy atom. The predicted molar refractivity (Wildman–Crippen MR) is 122 cm³/mol. The number of fused-ring (bicyclic) bond motifs is 1. The first-order valence-electron chi connectivity index (χ1n) is 11.5. The summed E-state index contributed by atoms with van der Waals surface area (Å²) >= 11 is 0. The lowest BCUT2D eigenvalue weighted by Gasteiger charge is -2.35. The normalized spacial score (nSPS) is 19.1. The smallest absolute Gasteiger partial charge is 0.257 e. The third-order valence-corrected chi connectivity index (χ3v) is 6.48. The number of likely N-dealkylation sites (tertiary alicyclic amines) is 1. The number of aryl methyl sites for hydroxylation is 1. The molecule has 1 aromatic carbocycles. The molecule has 9 heteroatoms. The average Bonchev–Trinajstić information content (AvgIpc) is 3.27. The molecule has 2 fully saturated rings. The summed E-state index contributed by atoms with van der Waals surface area (Å²) in [5, 5.41) is 0. The molecule has 9 nitrogen and oxygen atoms in total. The quantitative estimate of drug-likeness (QED) is 0.608. The summed E-state index contributed by atoms with van der Waals surface area (Å²) in [6.45, 7) is 4.99. The van der Waals surface area contributed by atoms with Crippen molar-refractivity contribution in [2.24, 2.45) is 0 Å². The van der Waals surface area contributed by atoms with Crippen molar-refractivity contribution in [2.45, 2.75) is 38.8 Å². The number of amides is 2. The van der Waals surface area contributed by atoms with E-state index < -0.39 is 0 Å². The highest BCUT2D eigenvalue weighted by atomic mass is 16.5. The minimum Gasteiger partial charge on any atom is -0.378 e. The van der Waals surface area contributed by atoms with Gasteiger partial charge in [0.2, 0.25) is 5.91 Å². The molecule has 2 aromatic heterocycles. The van der Waals surface area contributed by atoms with Gasteiger partial charge in [0.05, 0.1) is 47.9 Å². The van der Waals surface area contributed by atoms with Gasteiger partial charge in [-0.05, 0) is 38.3 Å². The molecule has 0 N–H and O–H groups in total. The van der Waals surface area contributed by atoms with Crippen LogP contribution < -0.4 is 0 Å². The van der Waals surface area contributed by atoms with Crippen molar-refractivity contribution >= 4 is 22.8 Å². The third kappa shape index (κ3) is 4.32. The van der Waals surface area contributed by atoms with Crippen LogP contribution in [0.2, 0.25) is 0 Å². The zero-order valence-corrected chi connectivity index (χ0v) is 18.8. The van der Waals surface area contributed by atoms with Crippen molar-refractivity contribution in [3.8, 4) is 0 Å². The van der Waals surface area contributed by atoms with Crippen LogP contribution in [0, 0.1) is 6.92 Å². The summed E-state index contributed by atoms with van der Waals surface area (Å²) in [6.07, 6.45) is 6.12. The largest absolute Gasteiger partial charge is 0.378 e. The molecule has 1 atom stereocenters. The Morgan fingerprint density at radius 2 is 1.91 bits per heavy atom. The van der Waals surface area contributed by atoms with Gasteiger partial charge in [0, 0.05) is 25.8 Å². The van der Waals surface area contributed by atoms with Gasteiger partial charge in [-0.2, -0.15) is 0 Å². The van der Waals surface area contributed by atoms with Crippen LogP contribution in [0.25, 0.3) is 11.0 Å². The maximum Gasteiger partial charge on any atom is 0.257 e. The van der Waals surface area contributed by atoms with Gasteiger partial charge in [0.15, 0.2) is 5.82 Å². The Bertz CT molecular complexity index is 1170. The van der Waals surface area contributed by atoms with E-state index in [9.17, 15) is 9.59 Å². The molecule has 0 spiro atoms. The number of benzene rings is 1. The number of hydrogen-bond donors (Lipinski definition) is 0. The first-order chi connectivity index (χ1) is 16.1. The second kappa shape index (κ2) is 9.27. The molecule has 33 heavy (non-hydrogen) atoms. The standard InChI is InChI=1S/C24H28N6O3/c1-17-18(24(32)28-10-12-33-13-11-28)14-25-23(27-17)21-8-4-5-9-30(21)22(31)15-29-16-26-19-6-2-3-7-20(19)29/h2-3,6-7,14,16,21H,4-5,8-13,15H2,1H3. The first-order valence-corrected chi connectivity index (χ1v) is 11.5. The highest BCUT2D eigenvalue weighted by Gasteiger charge is 2.31. The lowest BCUT2D eigenvalue weighted by Crippen LogP contribution is -2.42. The van der Waals surface area contributed by atoms with Crippen molar-refractivity contribution < 1.29 is 14.3 Å². The maximum absolute atomic E-state index is 13.3. The van der Waals surface area contributed by atoms with Crippen molar-refractivity contribution in [2.75, 3.05) is 32.8 Å². The SMILES string of the molecule is Cc1nc(C2CCCCN2C(=O)Cn2cnc3ccccc32)ncc1C(=O)N1CCOCC1. The number of aromatic nitrogens is 4. The summed E-state index contributed by atoms with van der Waals surface area (Å²) in [4.78, 5) is 43.5. The number of carbonyl (C=O) groups is 2. The Balaban J connectivity index is 1.35. The van der Waals surface area contributed by atoms with Crippen molar-refractivity contribution in [3.05, 3.63) is 53.9 Å². The molecule has 0 radical (unpaired) electrons. The zero-order chi connectivity index (χ0) is 22.8. The van der Waals surface area contributed by atoms with Crippen molar-refractivity contribution in [1.82, 2.24) is 29.3 Å². The number of para-hydroxylation sites is 2. The molecule has 3 aromatic rings. The van der Waals surface area contributed by atoms with Crippen molar-refractivity contribution in [3.63, 3.8) is 0 Å². The fourth-order valence-electron chi connectivity index (χ4n) is 4.66. The molecule has 2 aliphatic heterocycles. The molecular weight excluding hydrogens is 420 g/mol. The van der Waals surface area contributed by atoms with Crippen LogP contribution in [0.15, 0.2) is 36.8 Å². The van der Waals surface area contributed by atoms with E-state index in [2.05, 4.69) is 15.0 Å². The van der Waals surface area contributed by atoms with Gasteiger partial charge in [-0.1, -0.05) is 12.1 Å². The van der Waals surface area contributed by atoms with Crippen molar-refractivity contribution in [1.29, 1.82) is 0 Å². The van der Waals surface area contributed by atoms with E-state index in [1.807, 2.05) is 40.7 Å². The Labute approximate surface area is 192 Å². The lowest BCUT2D eigenvalue weighted by molar-refractivity contribution is -0.135. The molecule has 172 valence electrons. The second-order valence-corrected chi connectivity index (χ2v) is 8.59. The van der Waals surface area contributed by atoms with Gasteiger partial charge in [0.1, 0.15) is 6.54 Å². The van der Waals surface area contributed by atoms with Gasteiger partial charge < -0.3 is 19.1 Å². The van der Waals surface area contributed by atoms with Crippen LogP contribution in [-0.2, 0) is 16.1 Å². The topological polar surface area (TPSA) is 93.5 Å². The fraction of sp³-hybridized carbons (Fsp3) is 0.458. The van der Waals surface area contributed by atoms with E-state index in [0.29, 0.717) is 49.9 Å². The van der Waals surface area contributed by atoms with Gasteiger partial charge >= 0.3 is 0 Å². The van der Waals surface area contributed by atoms with Gasteiger partial charge in [0.25, 0.3) is 5.91 Å². The summed E-state index contributed by atoms with van der Waals surface area (Å²) in [7, 11) is 0. The van der Waals surface area contributed by atoms with Gasteiger partial charge in [-0.25, -0.2) is 15.0 Å². The molecule has 0 saturated carbocycles. The number of rotatable bonds is 4. The minimum absolute atomic E-state index is 0.0255. The van der Waals surface area contributed by atoms with E-state index in [0.717, 1.165) is 30.3 Å². The number of ether oxygens (including phenoxy) is 1. The molecule has 5 rings (SSSR count). The summed E-state index contributed by atoms with van der Waals surface area (Å²) < 4.78 is 7.23. The summed E-state index contributed by atoms with van der Waals surface area (Å²) in [5.74, 6) is 0.568. The highest BCUT2D eigenvalue weighted by Crippen LogP contribution is 2.30. The Kier molecular flexibility index (Phi) is 6.04. The molecule has 2 saturated heterocycles. The van der Waals surface area contributed by atoms with Gasteiger partial charge in [-0.15, -0.1) is 0 Å². The number of hydrogen-bond acceptors (Lipinski definition) is 6. The monoisotopic (exact) mass is 448 g/mol. The van der Waals surface area contributed by atoms with E-state index >= 15 is 0 Å². The maximum atomic E-state index is 13.3. The molecule has 2 aliphatic rings. The van der Waals surface area contributed by atoms with Crippen LogP contribution >= 0.6 is 0 Å². The molecule has 0 bridgehead atoms. The number of nitrogens with zero attached hydrogens (tertiary/aromatic N) is 6. The lowest BCUT2D eigenvalue weighted by atomic mass is 10.0. The predicted octanol–water partition coefficient (Wildman–Crippen LogP) is 2.36. The molecule has 0 aliphatic carbocycles. The molecular formula is C24H28N6O3. The van der Waals surface area contributed by atoms with E-state index in [1.54, 1.807) is 17.4 Å². The van der Waals surface area contributed by atoms with Crippen LogP contribution in [-0.4, -0.2) is 74.0 Å². The summed E-state index contributed by atoms with van der Waals surface area (Å²) in [5.41, 5.74) is 2.98. The van der Waals surface area contributed by atoms with Crippen LogP contribution in [0.4, 0.5) is 0 Å². The number of carbonyl (C=O) groups excluding carboxylic acids is 2. The number of piperidine rings is 1. The third-order valence-electron chi connectivity index (χ3n) is 6.48. The molecule has 4 heterocycles. The van der Waals surface area contributed by atoms with E-state index in [4.69, 9.17) is 4.74 Å². The van der Waals surface area contributed by atoms with Crippen LogP contribution in [0.5, 0.6) is 0 Å². The van der Waals surface area contributed by atoms with E-state index in [-0.39, 0.29) is 24.4 Å². The zero-order valence-electron chi connectivity index (χ0n) is 18.8. The summed E-state index contributed by atoms with van der Waals surface area (Å²) in [6, 6.07) is 7.61. The minimum atomic E-state index is -0.188. The van der Waals surface area contributed by atoms with Crippen LogP contribution in [0.3, 0.4) is 0 Å². The highest BCUT2D eigenvalue weighted by molar-refractivity contribution is 5.95. The number of morpholine rings is 1. The second-order valence-electron chi connectivity index (χ2n) is 8.59. The fourth-order valence-corrected chi connectivity index (χ4v) is 4.66. The van der Waals surface area contributed by atoms with E-state index in [1.165, 1.54) is 0 Å². The molecule has 1 unspecified atom stereocenters. The Morgan fingerprint density at radius 1 is 1.09 bits per heavy atom. The molecule has 2 amide bonds. The van der Waals surface area contributed by atoms with Crippen LogP contribution in [0.1, 0.15) is 47.2 Å². The Hall–Kier alpha value is -3.33.